The van der Waals surface area contributed by atoms with Gasteiger partial charge >= 0.3 is 0 Å². The lowest BCUT2D eigenvalue weighted by Gasteiger charge is -2.27. The molecule has 3 rings (SSSR count). The summed E-state index contributed by atoms with van der Waals surface area (Å²) in [5.41, 5.74) is 3.80. The minimum absolute atomic E-state index is 0.0451. The predicted octanol–water partition coefficient (Wildman–Crippen LogP) is 3.85. The zero-order valence-electron chi connectivity index (χ0n) is 11.1. The van der Waals surface area contributed by atoms with Gasteiger partial charge in [-0.1, -0.05) is 48.0 Å². The lowest BCUT2D eigenvalue weighted by atomic mass is 9.93. The maximum atomic E-state index is 12.4. The second-order valence-corrected chi connectivity index (χ2v) is 5.37. The standard InChI is InChI=1S/C17H14ClNO/c1-19-11-13-10-14(18)7-8-15(13)16(17(19)20)9-12-5-3-2-4-6-12/h2-10H,11H2,1H3/b16-9-. The van der Waals surface area contributed by atoms with Crippen LogP contribution in [-0.2, 0) is 11.3 Å². The van der Waals surface area contributed by atoms with Crippen LogP contribution in [0.2, 0.25) is 5.02 Å². The molecule has 20 heavy (non-hydrogen) atoms. The van der Waals surface area contributed by atoms with Crippen molar-refractivity contribution in [3.05, 3.63) is 70.2 Å². The smallest absolute Gasteiger partial charge is 0.254 e. The molecular formula is C17H14ClNO. The largest absolute Gasteiger partial charge is 0.337 e. The number of nitrogens with zero attached hydrogens (tertiary/aromatic N) is 1. The SMILES string of the molecule is CN1Cc2cc(Cl)ccc2/C(=C/c2ccccc2)C1=O. The van der Waals surface area contributed by atoms with Gasteiger partial charge in [0.2, 0.25) is 0 Å². The molecule has 2 aromatic carbocycles. The van der Waals surface area contributed by atoms with E-state index in [1.165, 1.54) is 0 Å². The van der Waals surface area contributed by atoms with E-state index in [0.717, 1.165) is 22.3 Å². The fraction of sp³-hybridized carbons (Fsp3) is 0.118. The maximum Gasteiger partial charge on any atom is 0.254 e. The Morgan fingerprint density at radius 3 is 2.65 bits per heavy atom. The van der Waals surface area contributed by atoms with Crippen LogP contribution in [0.4, 0.5) is 0 Å². The summed E-state index contributed by atoms with van der Waals surface area (Å²) in [7, 11) is 1.81. The fourth-order valence-corrected chi connectivity index (χ4v) is 2.65. The number of hydrogen-bond acceptors (Lipinski definition) is 1. The van der Waals surface area contributed by atoms with Crippen LogP contribution in [-0.4, -0.2) is 17.9 Å². The molecule has 0 spiro atoms. The van der Waals surface area contributed by atoms with E-state index in [-0.39, 0.29) is 5.91 Å². The number of benzene rings is 2. The molecule has 0 saturated carbocycles. The Kier molecular flexibility index (Phi) is 3.33. The summed E-state index contributed by atoms with van der Waals surface area (Å²) in [6.45, 7) is 0.598. The highest BCUT2D eigenvalue weighted by Crippen LogP contribution is 2.31. The monoisotopic (exact) mass is 283 g/mol. The number of amides is 1. The predicted molar refractivity (Wildman–Crippen MR) is 82.2 cm³/mol. The van der Waals surface area contributed by atoms with Crippen molar-refractivity contribution in [2.45, 2.75) is 6.54 Å². The third-order valence-corrected chi connectivity index (χ3v) is 3.69. The minimum atomic E-state index is 0.0451. The molecule has 0 saturated heterocycles. The van der Waals surface area contributed by atoms with Crippen LogP contribution in [0.15, 0.2) is 48.5 Å². The van der Waals surface area contributed by atoms with Crippen molar-refractivity contribution >= 4 is 29.2 Å². The highest BCUT2D eigenvalue weighted by atomic mass is 35.5. The van der Waals surface area contributed by atoms with E-state index in [0.29, 0.717) is 11.6 Å². The molecular weight excluding hydrogens is 270 g/mol. The quantitative estimate of drug-likeness (QED) is 0.728. The molecule has 0 atom stereocenters. The van der Waals surface area contributed by atoms with E-state index >= 15 is 0 Å². The van der Waals surface area contributed by atoms with Crippen molar-refractivity contribution in [3.8, 4) is 0 Å². The summed E-state index contributed by atoms with van der Waals surface area (Å²) in [5, 5.41) is 0.700. The molecule has 1 aliphatic rings. The summed E-state index contributed by atoms with van der Waals surface area (Å²) in [6.07, 6.45) is 1.94. The van der Waals surface area contributed by atoms with Gasteiger partial charge in [-0.25, -0.2) is 0 Å². The lowest BCUT2D eigenvalue weighted by Crippen LogP contribution is -2.31. The van der Waals surface area contributed by atoms with Crippen molar-refractivity contribution < 1.29 is 4.79 Å². The van der Waals surface area contributed by atoms with Gasteiger partial charge in [-0.15, -0.1) is 0 Å². The van der Waals surface area contributed by atoms with Gasteiger partial charge in [0.05, 0.1) is 0 Å². The number of hydrogen-bond donors (Lipinski definition) is 0. The van der Waals surface area contributed by atoms with Gasteiger partial charge in [0.25, 0.3) is 5.91 Å². The van der Waals surface area contributed by atoms with Gasteiger partial charge in [0, 0.05) is 24.2 Å². The molecule has 1 heterocycles. The van der Waals surface area contributed by atoms with Crippen molar-refractivity contribution in [1.82, 2.24) is 4.90 Å². The molecule has 0 aliphatic carbocycles. The van der Waals surface area contributed by atoms with E-state index < -0.39 is 0 Å². The van der Waals surface area contributed by atoms with Crippen molar-refractivity contribution in [2.24, 2.45) is 0 Å². The molecule has 100 valence electrons. The van der Waals surface area contributed by atoms with Gasteiger partial charge in [0.15, 0.2) is 0 Å². The van der Waals surface area contributed by atoms with E-state index in [2.05, 4.69) is 0 Å². The average molecular weight is 284 g/mol. The first-order valence-corrected chi connectivity index (χ1v) is 6.84. The van der Waals surface area contributed by atoms with Crippen LogP contribution < -0.4 is 0 Å². The number of rotatable bonds is 1. The summed E-state index contributed by atoms with van der Waals surface area (Å²) < 4.78 is 0. The second-order valence-electron chi connectivity index (χ2n) is 4.93. The first-order valence-electron chi connectivity index (χ1n) is 6.46. The molecule has 0 fully saturated rings. The summed E-state index contributed by atoms with van der Waals surface area (Å²) >= 11 is 6.05. The Morgan fingerprint density at radius 2 is 1.90 bits per heavy atom. The van der Waals surface area contributed by atoms with E-state index in [1.807, 2.05) is 61.7 Å². The summed E-state index contributed by atoms with van der Waals surface area (Å²) in [6, 6.07) is 15.6. The normalized spacial score (nSPS) is 16.4. The van der Waals surface area contributed by atoms with Crippen LogP contribution in [0.5, 0.6) is 0 Å². The topological polar surface area (TPSA) is 20.3 Å². The van der Waals surface area contributed by atoms with Crippen LogP contribution in [0.1, 0.15) is 16.7 Å². The Balaban J connectivity index is 2.15. The second kappa shape index (κ2) is 5.14. The maximum absolute atomic E-state index is 12.4. The third kappa shape index (κ3) is 2.35. The molecule has 0 bridgehead atoms. The van der Waals surface area contributed by atoms with Crippen molar-refractivity contribution in [3.63, 3.8) is 0 Å². The van der Waals surface area contributed by atoms with Gasteiger partial charge in [-0.05, 0) is 34.9 Å². The number of fused-ring (bicyclic) bond motifs is 1. The average Bonchev–Trinajstić information content (AvgIpc) is 2.45. The molecule has 2 aromatic rings. The molecule has 3 heteroatoms. The van der Waals surface area contributed by atoms with E-state index in [1.54, 1.807) is 4.90 Å². The summed E-state index contributed by atoms with van der Waals surface area (Å²) in [5.74, 6) is 0.0451. The van der Waals surface area contributed by atoms with Gasteiger partial charge in [0.1, 0.15) is 0 Å². The first-order chi connectivity index (χ1) is 9.65. The molecule has 1 aliphatic heterocycles. The zero-order valence-corrected chi connectivity index (χ0v) is 11.9. The fourth-order valence-electron chi connectivity index (χ4n) is 2.46. The number of halogens is 1. The number of carbonyl (C=O) groups excluding carboxylic acids is 1. The van der Waals surface area contributed by atoms with Crippen LogP contribution >= 0.6 is 11.6 Å². The number of likely N-dealkylation sites (N-methyl/N-ethyl adjacent to an activating group) is 1. The highest BCUT2D eigenvalue weighted by Gasteiger charge is 2.25. The van der Waals surface area contributed by atoms with Gasteiger partial charge < -0.3 is 4.90 Å². The number of carbonyl (C=O) groups is 1. The first kappa shape index (κ1) is 12.9. The minimum Gasteiger partial charge on any atom is -0.337 e. The van der Waals surface area contributed by atoms with Gasteiger partial charge in [-0.2, -0.15) is 0 Å². The molecule has 0 unspecified atom stereocenters. The Hall–Kier alpha value is -2.06. The van der Waals surface area contributed by atoms with Crippen molar-refractivity contribution in [1.29, 1.82) is 0 Å². The Bertz CT molecular complexity index is 691. The third-order valence-electron chi connectivity index (χ3n) is 3.45. The molecule has 1 amide bonds. The Morgan fingerprint density at radius 1 is 1.15 bits per heavy atom. The van der Waals surface area contributed by atoms with Crippen LogP contribution in [0.3, 0.4) is 0 Å². The molecule has 0 aromatic heterocycles. The Labute approximate surface area is 123 Å². The van der Waals surface area contributed by atoms with Crippen molar-refractivity contribution in [2.75, 3.05) is 7.05 Å². The molecule has 2 nitrogen and oxygen atoms in total. The van der Waals surface area contributed by atoms with E-state index in [4.69, 9.17) is 11.6 Å². The summed E-state index contributed by atoms with van der Waals surface area (Å²) in [4.78, 5) is 14.1. The zero-order chi connectivity index (χ0) is 14.1. The van der Waals surface area contributed by atoms with Crippen LogP contribution in [0.25, 0.3) is 11.6 Å². The molecule has 0 N–H and O–H groups in total. The van der Waals surface area contributed by atoms with Gasteiger partial charge in [-0.3, -0.25) is 4.79 Å². The molecule has 0 radical (unpaired) electrons. The lowest BCUT2D eigenvalue weighted by molar-refractivity contribution is -0.124. The van der Waals surface area contributed by atoms with Crippen LogP contribution in [0, 0.1) is 0 Å². The van der Waals surface area contributed by atoms with E-state index in [9.17, 15) is 4.79 Å². The highest BCUT2D eigenvalue weighted by molar-refractivity contribution is 6.31.